The highest BCUT2D eigenvalue weighted by molar-refractivity contribution is 5.82. The molecule has 0 saturated carbocycles. The number of hydrogen-bond donors (Lipinski definition) is 0. The molecule has 2 heterocycles. The van der Waals surface area contributed by atoms with E-state index in [9.17, 15) is 0 Å². The fourth-order valence-electron chi connectivity index (χ4n) is 2.81. The standard InChI is InChI=1S/C16H17N5/c1-5-21-14-7-6-12(9-17)8-13(14)18-16(21)15-10(2)19-20(4)11(15)3/h6-8H,5H2,1-4H3. The van der Waals surface area contributed by atoms with Crippen molar-refractivity contribution in [2.24, 2.45) is 7.05 Å². The Bertz CT molecular complexity index is 876. The molecule has 21 heavy (non-hydrogen) atoms. The second-order valence-electron chi connectivity index (χ2n) is 5.16. The maximum absolute atomic E-state index is 9.04. The van der Waals surface area contributed by atoms with E-state index in [0.717, 1.165) is 40.4 Å². The van der Waals surface area contributed by atoms with E-state index in [1.165, 1.54) is 0 Å². The smallest absolute Gasteiger partial charge is 0.144 e. The van der Waals surface area contributed by atoms with Gasteiger partial charge in [-0.3, -0.25) is 4.68 Å². The predicted octanol–water partition coefficient (Wildman–Crippen LogP) is 2.95. The first-order chi connectivity index (χ1) is 10.1. The van der Waals surface area contributed by atoms with Crippen molar-refractivity contribution >= 4 is 11.0 Å². The largest absolute Gasteiger partial charge is 0.324 e. The molecule has 0 amide bonds. The van der Waals surface area contributed by atoms with Gasteiger partial charge in [-0.15, -0.1) is 0 Å². The van der Waals surface area contributed by atoms with Crippen molar-refractivity contribution in [2.75, 3.05) is 0 Å². The van der Waals surface area contributed by atoms with Crippen LogP contribution >= 0.6 is 0 Å². The van der Waals surface area contributed by atoms with Gasteiger partial charge in [-0.05, 0) is 39.0 Å². The second kappa shape index (κ2) is 4.74. The average Bonchev–Trinajstić information content (AvgIpc) is 2.95. The lowest BCUT2D eigenvalue weighted by molar-refractivity contribution is 0.731. The Morgan fingerprint density at radius 3 is 2.62 bits per heavy atom. The van der Waals surface area contributed by atoms with Crippen LogP contribution in [0, 0.1) is 25.2 Å². The fraction of sp³-hybridized carbons (Fsp3) is 0.312. The molecule has 0 aliphatic rings. The molecule has 2 aromatic heterocycles. The third-order valence-corrected chi connectivity index (χ3v) is 3.93. The van der Waals surface area contributed by atoms with Crippen LogP contribution in [0.4, 0.5) is 0 Å². The fourth-order valence-corrected chi connectivity index (χ4v) is 2.81. The molecule has 0 radical (unpaired) electrons. The number of aromatic nitrogens is 4. The summed E-state index contributed by atoms with van der Waals surface area (Å²) in [5, 5.41) is 13.5. The number of nitrogens with zero attached hydrogens (tertiary/aromatic N) is 5. The van der Waals surface area contributed by atoms with Gasteiger partial charge >= 0.3 is 0 Å². The Labute approximate surface area is 123 Å². The van der Waals surface area contributed by atoms with Crippen molar-refractivity contribution in [1.82, 2.24) is 19.3 Å². The molecule has 5 nitrogen and oxygen atoms in total. The van der Waals surface area contributed by atoms with Gasteiger partial charge in [0.1, 0.15) is 5.82 Å². The highest BCUT2D eigenvalue weighted by Gasteiger charge is 2.19. The Morgan fingerprint density at radius 1 is 1.29 bits per heavy atom. The van der Waals surface area contributed by atoms with Crippen LogP contribution in [0.3, 0.4) is 0 Å². The van der Waals surface area contributed by atoms with E-state index in [4.69, 9.17) is 10.2 Å². The molecule has 3 aromatic rings. The van der Waals surface area contributed by atoms with Crippen molar-refractivity contribution in [3.8, 4) is 17.5 Å². The maximum atomic E-state index is 9.04. The summed E-state index contributed by atoms with van der Waals surface area (Å²) in [7, 11) is 1.94. The van der Waals surface area contributed by atoms with Gasteiger partial charge in [-0.2, -0.15) is 10.4 Å². The van der Waals surface area contributed by atoms with Gasteiger partial charge < -0.3 is 4.57 Å². The third kappa shape index (κ3) is 1.91. The van der Waals surface area contributed by atoms with Crippen molar-refractivity contribution in [3.05, 3.63) is 35.2 Å². The molecule has 5 heteroatoms. The molecule has 0 unspecified atom stereocenters. The van der Waals surface area contributed by atoms with Crippen molar-refractivity contribution in [2.45, 2.75) is 27.3 Å². The zero-order valence-electron chi connectivity index (χ0n) is 12.7. The number of hydrogen-bond acceptors (Lipinski definition) is 3. The van der Waals surface area contributed by atoms with E-state index in [2.05, 4.69) is 29.6 Å². The molecule has 0 N–H and O–H groups in total. The number of fused-ring (bicyclic) bond motifs is 1. The summed E-state index contributed by atoms with van der Waals surface area (Å²) in [4.78, 5) is 4.76. The minimum Gasteiger partial charge on any atom is -0.324 e. The van der Waals surface area contributed by atoms with Gasteiger partial charge in [0.15, 0.2) is 0 Å². The van der Waals surface area contributed by atoms with E-state index in [-0.39, 0.29) is 0 Å². The summed E-state index contributed by atoms with van der Waals surface area (Å²) in [5.41, 5.74) is 5.68. The van der Waals surface area contributed by atoms with Gasteiger partial charge in [0.2, 0.25) is 0 Å². The second-order valence-corrected chi connectivity index (χ2v) is 5.16. The van der Waals surface area contributed by atoms with E-state index in [1.807, 2.05) is 36.9 Å². The lowest BCUT2D eigenvalue weighted by atomic mass is 10.2. The first-order valence-electron chi connectivity index (χ1n) is 6.97. The van der Waals surface area contributed by atoms with Crippen molar-refractivity contribution in [1.29, 1.82) is 5.26 Å². The molecule has 0 saturated heterocycles. The van der Waals surface area contributed by atoms with Crippen LogP contribution < -0.4 is 0 Å². The molecular weight excluding hydrogens is 262 g/mol. The SMILES string of the molecule is CCn1c(-c2c(C)nn(C)c2C)nc2cc(C#N)ccc21. The summed E-state index contributed by atoms with van der Waals surface area (Å²) in [6, 6.07) is 7.81. The Hall–Kier alpha value is -2.61. The summed E-state index contributed by atoms with van der Waals surface area (Å²) >= 11 is 0. The molecule has 3 rings (SSSR count). The molecule has 0 bridgehead atoms. The number of nitriles is 1. The van der Waals surface area contributed by atoms with Gasteiger partial charge in [0.05, 0.1) is 33.9 Å². The van der Waals surface area contributed by atoms with Crippen LogP contribution in [0.15, 0.2) is 18.2 Å². The lowest BCUT2D eigenvalue weighted by Crippen LogP contribution is -1.99. The van der Waals surface area contributed by atoms with Crippen LogP contribution in [0.1, 0.15) is 23.9 Å². The first kappa shape index (κ1) is 13.4. The van der Waals surface area contributed by atoms with Crippen molar-refractivity contribution in [3.63, 3.8) is 0 Å². The molecule has 0 fully saturated rings. The summed E-state index contributed by atoms with van der Waals surface area (Å²) in [6.07, 6.45) is 0. The topological polar surface area (TPSA) is 59.4 Å². The highest BCUT2D eigenvalue weighted by atomic mass is 15.3. The Morgan fingerprint density at radius 2 is 2.05 bits per heavy atom. The molecule has 0 atom stereocenters. The maximum Gasteiger partial charge on any atom is 0.144 e. The highest BCUT2D eigenvalue weighted by Crippen LogP contribution is 2.29. The zero-order chi connectivity index (χ0) is 15.1. The van der Waals surface area contributed by atoms with Crippen LogP contribution in [0.2, 0.25) is 0 Å². The minimum atomic E-state index is 0.634. The minimum absolute atomic E-state index is 0.634. The van der Waals surface area contributed by atoms with E-state index in [0.29, 0.717) is 5.56 Å². The van der Waals surface area contributed by atoms with Crippen LogP contribution in [-0.2, 0) is 13.6 Å². The quantitative estimate of drug-likeness (QED) is 0.724. The normalized spacial score (nSPS) is 11.0. The van der Waals surface area contributed by atoms with Gasteiger partial charge in [-0.25, -0.2) is 4.98 Å². The van der Waals surface area contributed by atoms with Crippen LogP contribution in [0.25, 0.3) is 22.4 Å². The van der Waals surface area contributed by atoms with Gasteiger partial charge in [0, 0.05) is 19.3 Å². The van der Waals surface area contributed by atoms with E-state index >= 15 is 0 Å². The molecule has 0 aliphatic heterocycles. The number of imidazole rings is 1. The summed E-state index contributed by atoms with van der Waals surface area (Å²) < 4.78 is 4.05. The average molecular weight is 279 g/mol. The molecule has 1 aromatic carbocycles. The number of aryl methyl sites for hydroxylation is 3. The number of benzene rings is 1. The zero-order valence-corrected chi connectivity index (χ0v) is 12.7. The molecule has 106 valence electrons. The van der Waals surface area contributed by atoms with Crippen molar-refractivity contribution < 1.29 is 0 Å². The Balaban J connectivity index is 2.35. The summed E-state index contributed by atoms with van der Waals surface area (Å²) in [5.74, 6) is 0.922. The molecule has 0 aliphatic carbocycles. The van der Waals surface area contributed by atoms with Gasteiger partial charge in [0.25, 0.3) is 0 Å². The first-order valence-corrected chi connectivity index (χ1v) is 6.97. The molecular formula is C16H17N5. The number of rotatable bonds is 2. The Kier molecular flexibility index (Phi) is 3.02. The third-order valence-electron chi connectivity index (χ3n) is 3.93. The monoisotopic (exact) mass is 279 g/mol. The van der Waals surface area contributed by atoms with Crippen LogP contribution in [-0.4, -0.2) is 19.3 Å². The van der Waals surface area contributed by atoms with Crippen LogP contribution in [0.5, 0.6) is 0 Å². The van der Waals surface area contributed by atoms with E-state index < -0.39 is 0 Å². The predicted molar refractivity (Wildman–Crippen MR) is 81.8 cm³/mol. The summed E-state index contributed by atoms with van der Waals surface area (Å²) in [6.45, 7) is 6.98. The molecule has 0 spiro atoms. The van der Waals surface area contributed by atoms with Gasteiger partial charge in [-0.1, -0.05) is 0 Å². The lowest BCUT2D eigenvalue weighted by Gasteiger charge is -2.06. The van der Waals surface area contributed by atoms with E-state index in [1.54, 1.807) is 0 Å².